The van der Waals surface area contributed by atoms with Gasteiger partial charge in [-0.15, -0.1) is 0 Å². The molecule has 2 aliphatic carbocycles. The Hall–Kier alpha value is -0.880. The van der Waals surface area contributed by atoms with Crippen LogP contribution in [0, 0.1) is 17.8 Å². The molecule has 3 rings (SSSR count). The van der Waals surface area contributed by atoms with Crippen LogP contribution in [0.15, 0.2) is 21.1 Å². The van der Waals surface area contributed by atoms with E-state index in [2.05, 4.69) is 37.2 Å². The van der Waals surface area contributed by atoms with E-state index in [1.165, 1.54) is 13.5 Å². The van der Waals surface area contributed by atoms with Crippen LogP contribution in [-0.2, 0) is 9.53 Å². The number of methoxy groups -OCH3 is 1. The van der Waals surface area contributed by atoms with Gasteiger partial charge in [0.1, 0.15) is 0 Å². The van der Waals surface area contributed by atoms with Crippen LogP contribution >= 0.6 is 31.9 Å². The molecule has 6 heteroatoms. The lowest BCUT2D eigenvalue weighted by Crippen LogP contribution is -2.23. The fraction of sp³-hybridized carbons (Fsp3) is 0.467. The molecule has 1 aromatic rings. The molecule has 0 radical (unpaired) electrons. The monoisotopic (exact) mass is 415 g/mol. The molecular weight excluding hydrogens is 402 g/mol. The van der Waals surface area contributed by atoms with Crippen LogP contribution in [0.25, 0.3) is 0 Å². The Balaban J connectivity index is 1.83. The molecule has 2 atom stereocenters. The molecule has 0 spiro atoms. The highest BCUT2D eigenvalue weighted by Gasteiger charge is 2.48. The van der Waals surface area contributed by atoms with E-state index in [0.717, 1.165) is 29.2 Å². The fourth-order valence-corrected chi connectivity index (χ4v) is 4.45. The standard InChI is InChI=1S/C15H15Br2NO3/c1-21-15(20)11-5-10(16)6-12(17)13(11)18-14(19)9-3-7-2-8(7)4-9/h5-9H,2-4H2,1H3,(H,18,19). The zero-order valence-electron chi connectivity index (χ0n) is 11.5. The molecule has 112 valence electrons. The van der Waals surface area contributed by atoms with Crippen molar-refractivity contribution in [2.75, 3.05) is 12.4 Å². The van der Waals surface area contributed by atoms with E-state index in [4.69, 9.17) is 4.74 Å². The van der Waals surface area contributed by atoms with Crippen molar-refractivity contribution in [3.63, 3.8) is 0 Å². The largest absolute Gasteiger partial charge is 0.465 e. The minimum absolute atomic E-state index is 0.00428. The van der Waals surface area contributed by atoms with Gasteiger partial charge in [-0.1, -0.05) is 15.9 Å². The number of hydrogen-bond acceptors (Lipinski definition) is 3. The Labute approximate surface area is 139 Å². The van der Waals surface area contributed by atoms with Crippen molar-refractivity contribution in [3.8, 4) is 0 Å². The Morgan fingerprint density at radius 2 is 1.86 bits per heavy atom. The second kappa shape index (κ2) is 5.72. The first kappa shape index (κ1) is 15.0. The van der Waals surface area contributed by atoms with Crippen molar-refractivity contribution >= 4 is 49.4 Å². The number of benzene rings is 1. The van der Waals surface area contributed by atoms with Crippen LogP contribution in [0.5, 0.6) is 0 Å². The molecule has 0 aliphatic heterocycles. The van der Waals surface area contributed by atoms with Gasteiger partial charge < -0.3 is 10.1 Å². The Morgan fingerprint density at radius 3 is 2.48 bits per heavy atom. The number of fused-ring (bicyclic) bond motifs is 1. The molecule has 0 saturated heterocycles. The Kier molecular flexibility index (Phi) is 4.10. The number of anilines is 1. The third kappa shape index (κ3) is 3.01. The van der Waals surface area contributed by atoms with E-state index >= 15 is 0 Å². The maximum absolute atomic E-state index is 12.4. The summed E-state index contributed by atoms with van der Waals surface area (Å²) in [7, 11) is 1.33. The third-order valence-electron chi connectivity index (χ3n) is 4.32. The highest BCUT2D eigenvalue weighted by atomic mass is 79.9. The van der Waals surface area contributed by atoms with E-state index in [1.54, 1.807) is 12.1 Å². The number of amides is 1. The van der Waals surface area contributed by atoms with Gasteiger partial charge in [-0.05, 0) is 59.2 Å². The molecule has 4 nitrogen and oxygen atoms in total. The zero-order valence-corrected chi connectivity index (χ0v) is 14.7. The van der Waals surface area contributed by atoms with Crippen LogP contribution in [-0.4, -0.2) is 19.0 Å². The van der Waals surface area contributed by atoms with Gasteiger partial charge in [-0.25, -0.2) is 4.79 Å². The second-order valence-electron chi connectivity index (χ2n) is 5.72. The Morgan fingerprint density at radius 1 is 1.19 bits per heavy atom. The summed E-state index contributed by atoms with van der Waals surface area (Å²) in [6.07, 6.45) is 3.22. The van der Waals surface area contributed by atoms with E-state index in [1.807, 2.05) is 0 Å². The number of hydrogen-bond donors (Lipinski definition) is 1. The predicted molar refractivity (Wildman–Crippen MR) is 86.1 cm³/mol. The average Bonchev–Trinajstić information content (AvgIpc) is 3.06. The average molecular weight is 417 g/mol. The van der Waals surface area contributed by atoms with Crippen molar-refractivity contribution in [2.45, 2.75) is 19.3 Å². The van der Waals surface area contributed by atoms with Gasteiger partial charge in [0, 0.05) is 14.9 Å². The molecular formula is C15H15Br2NO3. The van der Waals surface area contributed by atoms with Crippen molar-refractivity contribution in [1.82, 2.24) is 0 Å². The molecule has 0 bridgehead atoms. The summed E-state index contributed by atoms with van der Waals surface area (Å²) in [6, 6.07) is 3.45. The molecule has 2 aliphatic rings. The number of rotatable bonds is 3. The maximum Gasteiger partial charge on any atom is 0.340 e. The van der Waals surface area contributed by atoms with Crippen molar-refractivity contribution in [2.24, 2.45) is 17.8 Å². The normalized spacial score (nSPS) is 26.1. The molecule has 1 amide bonds. The molecule has 0 aromatic heterocycles. The second-order valence-corrected chi connectivity index (χ2v) is 7.49. The minimum atomic E-state index is -0.471. The van der Waals surface area contributed by atoms with Gasteiger partial charge in [0.05, 0.1) is 18.4 Å². The van der Waals surface area contributed by atoms with Gasteiger partial charge >= 0.3 is 5.97 Å². The molecule has 2 unspecified atom stereocenters. The summed E-state index contributed by atoms with van der Waals surface area (Å²) in [5.74, 6) is 1.08. The molecule has 2 saturated carbocycles. The van der Waals surface area contributed by atoms with E-state index < -0.39 is 5.97 Å². The first-order chi connectivity index (χ1) is 9.99. The lowest BCUT2D eigenvalue weighted by atomic mass is 10.0. The molecule has 0 heterocycles. The SMILES string of the molecule is COC(=O)c1cc(Br)cc(Br)c1NC(=O)C1CC2CC2C1. The zero-order chi connectivity index (χ0) is 15.1. The van der Waals surface area contributed by atoms with Gasteiger partial charge in [0.2, 0.25) is 5.91 Å². The van der Waals surface area contributed by atoms with Gasteiger partial charge in [0.25, 0.3) is 0 Å². The highest BCUT2D eigenvalue weighted by molar-refractivity contribution is 9.11. The van der Waals surface area contributed by atoms with Gasteiger partial charge in [0.15, 0.2) is 0 Å². The van der Waals surface area contributed by atoms with Crippen molar-refractivity contribution in [1.29, 1.82) is 0 Å². The number of carbonyl (C=O) groups excluding carboxylic acids is 2. The maximum atomic E-state index is 12.4. The lowest BCUT2D eigenvalue weighted by molar-refractivity contribution is -0.120. The summed E-state index contributed by atoms with van der Waals surface area (Å²) in [4.78, 5) is 24.3. The van der Waals surface area contributed by atoms with Gasteiger partial charge in [-0.2, -0.15) is 0 Å². The van der Waals surface area contributed by atoms with Gasteiger partial charge in [-0.3, -0.25) is 4.79 Å². The smallest absolute Gasteiger partial charge is 0.340 e. The summed E-state index contributed by atoms with van der Waals surface area (Å²) in [5.41, 5.74) is 0.825. The van der Waals surface area contributed by atoms with Crippen LogP contribution in [0.1, 0.15) is 29.6 Å². The van der Waals surface area contributed by atoms with Crippen LogP contribution in [0.2, 0.25) is 0 Å². The number of nitrogens with one attached hydrogen (secondary N) is 1. The molecule has 2 fully saturated rings. The van der Waals surface area contributed by atoms with Crippen LogP contribution in [0.4, 0.5) is 5.69 Å². The number of ether oxygens (including phenoxy) is 1. The number of esters is 1. The summed E-state index contributed by atoms with van der Waals surface area (Å²) < 4.78 is 6.19. The Bertz CT molecular complexity index is 607. The lowest BCUT2D eigenvalue weighted by Gasteiger charge is -2.16. The summed E-state index contributed by atoms with van der Waals surface area (Å²) in [5, 5.41) is 2.90. The number of carbonyl (C=O) groups is 2. The minimum Gasteiger partial charge on any atom is -0.465 e. The highest BCUT2D eigenvalue weighted by Crippen LogP contribution is 2.54. The van der Waals surface area contributed by atoms with E-state index in [-0.39, 0.29) is 11.8 Å². The first-order valence-corrected chi connectivity index (χ1v) is 8.46. The van der Waals surface area contributed by atoms with Crippen LogP contribution in [0.3, 0.4) is 0 Å². The molecule has 1 N–H and O–H groups in total. The number of halogens is 2. The fourth-order valence-electron chi connectivity index (χ4n) is 3.13. The van der Waals surface area contributed by atoms with E-state index in [9.17, 15) is 9.59 Å². The van der Waals surface area contributed by atoms with Crippen molar-refractivity contribution < 1.29 is 14.3 Å². The third-order valence-corrected chi connectivity index (χ3v) is 5.41. The van der Waals surface area contributed by atoms with Crippen LogP contribution < -0.4 is 5.32 Å². The molecule has 1 aromatic carbocycles. The van der Waals surface area contributed by atoms with Crippen molar-refractivity contribution in [3.05, 3.63) is 26.6 Å². The topological polar surface area (TPSA) is 55.4 Å². The quantitative estimate of drug-likeness (QED) is 0.758. The predicted octanol–water partition coefficient (Wildman–Crippen LogP) is 3.98. The summed E-state index contributed by atoms with van der Waals surface area (Å²) in [6.45, 7) is 0. The first-order valence-electron chi connectivity index (χ1n) is 6.87. The van der Waals surface area contributed by atoms with E-state index in [0.29, 0.717) is 15.7 Å². The summed E-state index contributed by atoms with van der Waals surface area (Å²) >= 11 is 6.74. The molecule has 21 heavy (non-hydrogen) atoms.